The first-order valence-electron chi connectivity index (χ1n) is 9.78. The van der Waals surface area contributed by atoms with Crippen LogP contribution < -0.4 is 5.73 Å². The molecule has 1 aliphatic carbocycles. The molecular weight excluding hydrogens is 374 g/mol. The molecule has 1 aliphatic rings. The van der Waals surface area contributed by atoms with E-state index in [9.17, 15) is 4.79 Å². The molecule has 0 amide bonds. The van der Waals surface area contributed by atoms with Gasteiger partial charge in [-0.25, -0.2) is 14.8 Å². The first-order valence-corrected chi connectivity index (χ1v) is 10.6. The lowest BCUT2D eigenvalue weighted by Crippen LogP contribution is -2.10. The number of thiophene rings is 1. The largest absolute Gasteiger partial charge is 0.462 e. The number of unbranched alkanes of at least 4 members (excludes halogenated alkanes) is 1. The number of allylic oxidation sites excluding steroid dienone is 3. The van der Waals surface area contributed by atoms with Crippen LogP contribution in [0.4, 0.5) is 5.95 Å². The molecule has 2 aromatic heterocycles. The summed E-state index contributed by atoms with van der Waals surface area (Å²) in [5.41, 5.74) is 8.85. The Kier molecular flexibility index (Phi) is 6.80. The first-order chi connectivity index (χ1) is 13.5. The molecule has 1 unspecified atom stereocenters. The number of nitrogens with zero attached hydrogens (tertiary/aromatic N) is 2. The van der Waals surface area contributed by atoms with Crippen molar-refractivity contribution >= 4 is 39.0 Å². The lowest BCUT2D eigenvalue weighted by Gasteiger charge is -2.13. The molecule has 0 spiro atoms. The van der Waals surface area contributed by atoms with E-state index < -0.39 is 0 Å². The minimum absolute atomic E-state index is 0.104. The van der Waals surface area contributed by atoms with Gasteiger partial charge in [0.2, 0.25) is 5.95 Å². The summed E-state index contributed by atoms with van der Waals surface area (Å²) in [5.74, 6) is -0.144. The van der Waals surface area contributed by atoms with E-state index in [-0.39, 0.29) is 18.0 Å². The van der Waals surface area contributed by atoms with Crippen molar-refractivity contribution in [3.05, 3.63) is 34.4 Å². The maximum atomic E-state index is 12.1. The second-order valence-electron chi connectivity index (χ2n) is 6.79. The summed E-state index contributed by atoms with van der Waals surface area (Å²) in [6, 6.07) is 1.81. The Labute approximate surface area is 169 Å². The fourth-order valence-electron chi connectivity index (χ4n) is 3.24. The highest BCUT2D eigenvalue weighted by molar-refractivity contribution is 7.20. The Morgan fingerprint density at radius 1 is 1.36 bits per heavy atom. The van der Waals surface area contributed by atoms with Crippen LogP contribution in [0.25, 0.3) is 15.8 Å². The zero-order valence-electron chi connectivity index (χ0n) is 16.7. The van der Waals surface area contributed by atoms with E-state index in [1.165, 1.54) is 11.3 Å². The Morgan fingerprint density at radius 2 is 2.18 bits per heavy atom. The van der Waals surface area contributed by atoms with Crippen molar-refractivity contribution in [3.63, 3.8) is 0 Å². The van der Waals surface area contributed by atoms with E-state index in [0.29, 0.717) is 16.3 Å². The predicted octanol–water partition coefficient (Wildman–Crippen LogP) is 4.76. The molecule has 0 aliphatic heterocycles. The van der Waals surface area contributed by atoms with Crippen LogP contribution in [0.3, 0.4) is 0 Å². The van der Waals surface area contributed by atoms with Gasteiger partial charge in [0.1, 0.15) is 9.71 Å². The van der Waals surface area contributed by atoms with Crippen molar-refractivity contribution in [2.24, 2.45) is 0 Å². The van der Waals surface area contributed by atoms with Gasteiger partial charge in [-0.1, -0.05) is 25.5 Å². The SMILES string of the molecule is CCCCOC1C=C(C)C(c2nc(N)nc3sc(C(=O)OCC)cc23)=CCC1. The second kappa shape index (κ2) is 9.30. The number of nitrogens with two attached hydrogens (primary N) is 1. The van der Waals surface area contributed by atoms with Crippen molar-refractivity contribution in [1.29, 1.82) is 0 Å². The van der Waals surface area contributed by atoms with Gasteiger partial charge in [-0.3, -0.25) is 0 Å². The number of fused-ring (bicyclic) bond motifs is 1. The van der Waals surface area contributed by atoms with Gasteiger partial charge in [0.15, 0.2) is 0 Å². The Hall–Kier alpha value is -2.25. The van der Waals surface area contributed by atoms with Crippen molar-refractivity contribution in [2.75, 3.05) is 18.9 Å². The molecule has 3 rings (SSSR count). The molecule has 0 fully saturated rings. The standard InChI is InChI=1S/C21H27N3O3S/c1-4-6-10-27-14-8-7-9-15(13(3)11-14)18-16-12-17(20(25)26-5-2)28-19(16)24-21(22)23-18/h9,11-12,14H,4-8,10H2,1-3H3,(H2,22,23,24). The van der Waals surface area contributed by atoms with Crippen LogP contribution in [0.1, 0.15) is 61.8 Å². The van der Waals surface area contributed by atoms with Gasteiger partial charge in [0.25, 0.3) is 0 Å². The van der Waals surface area contributed by atoms with Crippen LogP contribution in [0.5, 0.6) is 0 Å². The number of carbonyl (C=O) groups is 1. The molecule has 0 saturated heterocycles. The number of nitrogen functional groups attached to an aromatic ring is 1. The van der Waals surface area contributed by atoms with Gasteiger partial charge in [-0.05, 0) is 50.3 Å². The summed E-state index contributed by atoms with van der Waals surface area (Å²) < 4.78 is 11.1. The summed E-state index contributed by atoms with van der Waals surface area (Å²) in [5, 5.41) is 0.826. The molecule has 28 heavy (non-hydrogen) atoms. The highest BCUT2D eigenvalue weighted by atomic mass is 32.1. The molecule has 1 atom stereocenters. The van der Waals surface area contributed by atoms with E-state index in [4.69, 9.17) is 15.2 Å². The molecule has 0 aromatic carbocycles. The molecule has 6 nitrogen and oxygen atoms in total. The van der Waals surface area contributed by atoms with Gasteiger partial charge in [-0.2, -0.15) is 0 Å². The zero-order valence-corrected chi connectivity index (χ0v) is 17.5. The number of rotatable bonds is 7. The zero-order chi connectivity index (χ0) is 20.1. The van der Waals surface area contributed by atoms with Crippen molar-refractivity contribution < 1.29 is 14.3 Å². The first kappa shape index (κ1) is 20.5. The van der Waals surface area contributed by atoms with Crippen LogP contribution in [0, 0.1) is 0 Å². The fraction of sp³-hybridized carbons (Fsp3) is 0.476. The highest BCUT2D eigenvalue weighted by Crippen LogP contribution is 2.35. The van der Waals surface area contributed by atoms with Crippen molar-refractivity contribution in [3.8, 4) is 0 Å². The molecule has 2 heterocycles. The van der Waals surface area contributed by atoms with Crippen LogP contribution in [0.2, 0.25) is 0 Å². The average Bonchev–Trinajstić information content (AvgIpc) is 2.99. The Morgan fingerprint density at radius 3 is 2.93 bits per heavy atom. The Balaban J connectivity index is 1.96. The normalized spacial score (nSPS) is 17.2. The third kappa shape index (κ3) is 4.59. The third-order valence-corrected chi connectivity index (χ3v) is 5.64. The molecular formula is C21H27N3O3S. The van der Waals surface area contributed by atoms with E-state index in [2.05, 4.69) is 36.0 Å². The maximum Gasteiger partial charge on any atom is 0.348 e. The summed E-state index contributed by atoms with van der Waals surface area (Å²) in [6.07, 6.45) is 8.46. The monoisotopic (exact) mass is 401 g/mol. The van der Waals surface area contributed by atoms with Crippen molar-refractivity contribution in [2.45, 2.75) is 52.6 Å². The van der Waals surface area contributed by atoms with E-state index in [0.717, 1.165) is 54.5 Å². The summed E-state index contributed by atoms with van der Waals surface area (Å²) >= 11 is 1.28. The van der Waals surface area contributed by atoms with E-state index in [1.807, 2.05) is 0 Å². The highest BCUT2D eigenvalue weighted by Gasteiger charge is 2.20. The number of ether oxygens (including phenoxy) is 2. The third-order valence-electron chi connectivity index (χ3n) is 4.63. The van der Waals surface area contributed by atoms with Gasteiger partial charge < -0.3 is 15.2 Å². The summed E-state index contributed by atoms with van der Waals surface area (Å²) in [7, 11) is 0. The lowest BCUT2D eigenvalue weighted by molar-refractivity contribution is 0.0532. The quantitative estimate of drug-likeness (QED) is 0.532. The maximum absolute atomic E-state index is 12.1. The number of aromatic nitrogens is 2. The summed E-state index contributed by atoms with van der Waals surface area (Å²) in [4.78, 5) is 22.2. The number of anilines is 1. The fourth-order valence-corrected chi connectivity index (χ4v) is 4.18. The van der Waals surface area contributed by atoms with E-state index >= 15 is 0 Å². The molecule has 2 N–H and O–H groups in total. The predicted molar refractivity (Wildman–Crippen MR) is 113 cm³/mol. The van der Waals surface area contributed by atoms with Crippen LogP contribution in [-0.2, 0) is 9.47 Å². The topological polar surface area (TPSA) is 87.3 Å². The number of esters is 1. The smallest absolute Gasteiger partial charge is 0.348 e. The molecule has 2 aromatic rings. The number of hydrogen-bond donors (Lipinski definition) is 1. The lowest BCUT2D eigenvalue weighted by atomic mass is 10.0. The second-order valence-corrected chi connectivity index (χ2v) is 7.82. The average molecular weight is 402 g/mol. The summed E-state index contributed by atoms with van der Waals surface area (Å²) in [6.45, 7) is 7.12. The number of hydrogen-bond acceptors (Lipinski definition) is 7. The van der Waals surface area contributed by atoms with Gasteiger partial charge in [-0.15, -0.1) is 11.3 Å². The van der Waals surface area contributed by atoms with Crippen LogP contribution in [0.15, 0.2) is 23.8 Å². The molecule has 0 radical (unpaired) electrons. The molecule has 7 heteroatoms. The molecule has 0 saturated carbocycles. The molecule has 0 bridgehead atoms. The van der Waals surface area contributed by atoms with Gasteiger partial charge in [0.05, 0.1) is 18.4 Å². The molecule has 150 valence electrons. The van der Waals surface area contributed by atoms with Gasteiger partial charge in [0, 0.05) is 12.0 Å². The minimum atomic E-state index is -0.346. The van der Waals surface area contributed by atoms with Crippen LogP contribution >= 0.6 is 11.3 Å². The number of carbonyl (C=O) groups excluding carboxylic acids is 1. The van der Waals surface area contributed by atoms with Crippen molar-refractivity contribution in [1.82, 2.24) is 9.97 Å². The van der Waals surface area contributed by atoms with Gasteiger partial charge >= 0.3 is 5.97 Å². The van der Waals surface area contributed by atoms with Crippen LogP contribution in [-0.4, -0.2) is 35.3 Å². The minimum Gasteiger partial charge on any atom is -0.462 e. The van der Waals surface area contributed by atoms with E-state index in [1.54, 1.807) is 13.0 Å². The Bertz CT molecular complexity index is 917.